The van der Waals surface area contributed by atoms with Gasteiger partial charge in [0.05, 0.1) is 13.7 Å². The molecule has 0 heterocycles. The van der Waals surface area contributed by atoms with E-state index in [1.165, 1.54) is 33.1 Å². The molecule has 0 aliphatic heterocycles. The van der Waals surface area contributed by atoms with Crippen molar-refractivity contribution < 1.29 is 41.8 Å². The van der Waals surface area contributed by atoms with Gasteiger partial charge in [-0.3, -0.25) is 19.2 Å². The van der Waals surface area contributed by atoms with Gasteiger partial charge in [-0.1, -0.05) is 0 Å². The summed E-state index contributed by atoms with van der Waals surface area (Å²) in [5.41, 5.74) is -1.81. The van der Waals surface area contributed by atoms with E-state index in [1.54, 1.807) is 6.92 Å². The van der Waals surface area contributed by atoms with Crippen LogP contribution in [-0.2, 0) is 33.7 Å². The molecule has 1 fully saturated rings. The van der Waals surface area contributed by atoms with E-state index < -0.39 is 56.2 Å². The molecule has 3 rings (SSSR count). The van der Waals surface area contributed by atoms with Gasteiger partial charge >= 0.3 is 11.9 Å². The zero-order chi connectivity index (χ0) is 24.9. The Hall–Kier alpha value is -3.01. The zero-order valence-electron chi connectivity index (χ0n) is 19.3. The largest absolute Gasteiger partial charge is 0.495 e. The van der Waals surface area contributed by atoms with Crippen molar-refractivity contribution in [3.8, 4) is 5.75 Å². The molecule has 33 heavy (non-hydrogen) atoms. The molecule has 1 aromatic carbocycles. The van der Waals surface area contributed by atoms with Gasteiger partial charge in [-0.2, -0.15) is 0 Å². The lowest BCUT2D eigenvalue weighted by Gasteiger charge is -2.31. The Morgan fingerprint density at radius 3 is 2.36 bits per heavy atom. The Kier molecular flexibility index (Phi) is 6.27. The van der Waals surface area contributed by atoms with Crippen molar-refractivity contribution in [3.63, 3.8) is 0 Å². The normalized spacial score (nSPS) is 24.1. The van der Waals surface area contributed by atoms with Crippen molar-refractivity contribution >= 4 is 33.3 Å². The van der Waals surface area contributed by atoms with Gasteiger partial charge in [0.25, 0.3) is 0 Å². The van der Waals surface area contributed by atoms with Crippen LogP contribution in [0.1, 0.15) is 43.1 Å². The van der Waals surface area contributed by atoms with Crippen LogP contribution in [0.2, 0.25) is 0 Å². The fourth-order valence-corrected chi connectivity index (χ4v) is 5.35. The molecule has 9 nitrogen and oxygen atoms in total. The average molecular weight is 479 g/mol. The molecule has 0 radical (unpaired) electrons. The second kappa shape index (κ2) is 8.40. The molecule has 0 saturated heterocycles. The van der Waals surface area contributed by atoms with E-state index in [4.69, 9.17) is 14.2 Å². The van der Waals surface area contributed by atoms with Crippen LogP contribution in [0.25, 0.3) is 0 Å². The molecule has 10 heteroatoms. The summed E-state index contributed by atoms with van der Waals surface area (Å²) in [7, 11) is -2.39. The highest BCUT2D eigenvalue weighted by Crippen LogP contribution is 2.60. The average Bonchev–Trinajstić information content (AvgIpc) is 3.52. The van der Waals surface area contributed by atoms with Gasteiger partial charge < -0.3 is 14.2 Å². The third-order valence-corrected chi connectivity index (χ3v) is 7.33. The molecule has 1 saturated carbocycles. The number of allylic oxidation sites excluding steroid dienone is 2. The minimum atomic E-state index is -3.66. The highest BCUT2D eigenvalue weighted by atomic mass is 32.2. The fourth-order valence-electron chi connectivity index (χ4n) is 4.46. The maximum atomic E-state index is 13.7. The molecule has 3 atom stereocenters. The molecule has 0 amide bonds. The zero-order valence-corrected chi connectivity index (χ0v) is 20.1. The van der Waals surface area contributed by atoms with E-state index in [0.29, 0.717) is 6.42 Å². The van der Waals surface area contributed by atoms with Gasteiger partial charge in [0.2, 0.25) is 0 Å². The van der Waals surface area contributed by atoms with Gasteiger partial charge in [0.15, 0.2) is 21.4 Å². The van der Waals surface area contributed by atoms with Crippen molar-refractivity contribution in [2.45, 2.75) is 39.0 Å². The molecule has 0 spiro atoms. The van der Waals surface area contributed by atoms with Gasteiger partial charge in [0, 0.05) is 30.2 Å². The summed E-state index contributed by atoms with van der Waals surface area (Å²) in [4.78, 5) is 51.7. The summed E-state index contributed by atoms with van der Waals surface area (Å²) in [6, 6.07) is 2.50. The third kappa shape index (κ3) is 3.96. The summed E-state index contributed by atoms with van der Waals surface area (Å²) >= 11 is 0. The maximum Gasteiger partial charge on any atom is 0.320 e. The van der Waals surface area contributed by atoms with Gasteiger partial charge in [-0.25, -0.2) is 8.42 Å². The fraction of sp³-hybridized carbons (Fsp3) is 0.478. The van der Waals surface area contributed by atoms with E-state index in [1.807, 2.05) is 0 Å². The van der Waals surface area contributed by atoms with E-state index in [0.717, 1.165) is 13.2 Å². The first-order valence-electron chi connectivity index (χ1n) is 10.4. The molecule has 0 N–H and O–H groups in total. The molecule has 0 bridgehead atoms. The summed E-state index contributed by atoms with van der Waals surface area (Å²) in [5, 5.41) is 0. The number of esters is 2. The van der Waals surface area contributed by atoms with Crippen LogP contribution in [0.3, 0.4) is 0 Å². The Bertz CT molecular complexity index is 1210. The number of benzene rings is 1. The number of hydrogen-bond acceptors (Lipinski definition) is 9. The minimum Gasteiger partial charge on any atom is -0.495 e. The number of Topliss-reactive ketones (excluding diaryl/α,β-unsaturated/α-hetero) is 2. The van der Waals surface area contributed by atoms with Crippen molar-refractivity contribution in [1.82, 2.24) is 0 Å². The second-order valence-corrected chi connectivity index (χ2v) is 10.4. The highest BCUT2D eigenvalue weighted by Gasteiger charge is 2.66. The molecule has 1 aromatic rings. The Morgan fingerprint density at radius 2 is 1.85 bits per heavy atom. The lowest BCUT2D eigenvalue weighted by atomic mass is 9.71. The SMILES string of the molecule is CCOC(=O)C1(C)C(=O)C(C(=O)c2ccc(S(C)(=O)=O)c(OC)c2C)=C(OC(C)=O)C2CC21. The first kappa shape index (κ1) is 24.6. The molecule has 0 aromatic heterocycles. The summed E-state index contributed by atoms with van der Waals surface area (Å²) < 4.78 is 39.9. The third-order valence-electron chi connectivity index (χ3n) is 6.21. The second-order valence-electron chi connectivity index (χ2n) is 8.40. The Morgan fingerprint density at radius 1 is 1.21 bits per heavy atom. The molecule has 178 valence electrons. The number of carbonyl (C=O) groups is 4. The van der Waals surface area contributed by atoms with Crippen LogP contribution in [0, 0.1) is 24.2 Å². The Labute approximate surface area is 192 Å². The summed E-state index contributed by atoms with van der Waals surface area (Å²) in [6.07, 6.45) is 1.39. The predicted octanol–water partition coefficient (Wildman–Crippen LogP) is 2.20. The number of rotatable bonds is 7. The topological polar surface area (TPSA) is 130 Å². The van der Waals surface area contributed by atoms with Gasteiger partial charge in [-0.05, 0) is 45.2 Å². The van der Waals surface area contributed by atoms with Crippen molar-refractivity contribution in [2.75, 3.05) is 20.0 Å². The van der Waals surface area contributed by atoms with Crippen molar-refractivity contribution in [3.05, 3.63) is 34.6 Å². The number of sulfone groups is 1. The quantitative estimate of drug-likeness (QED) is 0.250. The maximum absolute atomic E-state index is 13.7. The molecule has 2 aliphatic carbocycles. The van der Waals surface area contributed by atoms with Crippen LogP contribution in [0.5, 0.6) is 5.75 Å². The molecular formula is C23H26O9S. The molecule has 2 aliphatic rings. The first-order valence-corrected chi connectivity index (χ1v) is 12.3. The molecular weight excluding hydrogens is 452 g/mol. The predicted molar refractivity (Wildman–Crippen MR) is 115 cm³/mol. The van der Waals surface area contributed by atoms with Crippen LogP contribution >= 0.6 is 0 Å². The summed E-state index contributed by atoms with van der Waals surface area (Å²) in [6.45, 7) is 5.77. The van der Waals surface area contributed by atoms with Crippen molar-refractivity contribution in [2.24, 2.45) is 17.3 Å². The van der Waals surface area contributed by atoms with E-state index >= 15 is 0 Å². The minimum absolute atomic E-state index is 0.00226. The number of methoxy groups -OCH3 is 1. The number of carbonyl (C=O) groups excluding carboxylic acids is 4. The van der Waals surface area contributed by atoms with E-state index in [2.05, 4.69) is 0 Å². The lowest BCUT2D eigenvalue weighted by molar-refractivity contribution is -0.160. The van der Waals surface area contributed by atoms with Crippen LogP contribution < -0.4 is 4.74 Å². The van der Waals surface area contributed by atoms with Crippen molar-refractivity contribution in [1.29, 1.82) is 0 Å². The summed E-state index contributed by atoms with van der Waals surface area (Å²) in [5.74, 6) is -4.00. The lowest BCUT2D eigenvalue weighted by Crippen LogP contribution is -2.45. The van der Waals surface area contributed by atoms with Gasteiger partial charge in [0.1, 0.15) is 27.4 Å². The first-order chi connectivity index (χ1) is 15.3. The number of ketones is 2. The Balaban J connectivity index is 2.21. The van der Waals surface area contributed by atoms with Gasteiger partial charge in [-0.15, -0.1) is 0 Å². The van der Waals surface area contributed by atoms with Crippen LogP contribution in [0.15, 0.2) is 28.4 Å². The molecule has 3 unspecified atom stereocenters. The van der Waals surface area contributed by atoms with Crippen LogP contribution in [-0.4, -0.2) is 51.9 Å². The standard InChI is InChI=1S/C23H26O9S/c1-7-31-22(27)23(4)15-10-14(15)20(32-12(3)24)17(21(23)26)18(25)13-8-9-16(33(6,28)29)19(30-5)11(13)2/h8-9,14-15H,7,10H2,1-6H3. The number of fused-ring (bicyclic) bond motifs is 1. The monoisotopic (exact) mass is 478 g/mol. The number of ether oxygens (including phenoxy) is 3. The van der Waals surface area contributed by atoms with E-state index in [9.17, 15) is 27.6 Å². The highest BCUT2D eigenvalue weighted by molar-refractivity contribution is 7.90. The smallest absolute Gasteiger partial charge is 0.320 e. The number of hydrogen-bond donors (Lipinski definition) is 0. The van der Waals surface area contributed by atoms with Crippen LogP contribution in [0.4, 0.5) is 0 Å². The van der Waals surface area contributed by atoms with E-state index in [-0.39, 0.29) is 34.1 Å².